The molecule has 0 spiro atoms. The number of aromatic nitrogens is 2. The van der Waals surface area contributed by atoms with E-state index in [4.69, 9.17) is 9.47 Å². The number of thiazole rings is 1. The van der Waals surface area contributed by atoms with Gasteiger partial charge in [0.05, 0.1) is 29.4 Å². The summed E-state index contributed by atoms with van der Waals surface area (Å²) in [5, 5.41) is 1.83. The molecule has 1 fully saturated rings. The van der Waals surface area contributed by atoms with Crippen molar-refractivity contribution in [1.29, 1.82) is 0 Å². The zero-order chi connectivity index (χ0) is 21.3. The number of carbonyl (C=O) groups is 1. The molecule has 1 aromatic carbocycles. The van der Waals surface area contributed by atoms with Gasteiger partial charge in [0.15, 0.2) is 4.96 Å². The summed E-state index contributed by atoms with van der Waals surface area (Å²) < 4.78 is 38.5. The van der Waals surface area contributed by atoms with E-state index in [1.165, 1.54) is 50.4 Å². The molecule has 1 aliphatic heterocycles. The molecule has 0 radical (unpaired) electrons. The van der Waals surface area contributed by atoms with E-state index >= 15 is 0 Å². The molecule has 1 aliphatic rings. The molecule has 0 saturated carbocycles. The van der Waals surface area contributed by atoms with E-state index in [-0.39, 0.29) is 22.6 Å². The molecule has 0 atom stereocenters. The lowest BCUT2D eigenvalue weighted by Crippen LogP contribution is -2.40. The highest BCUT2D eigenvalue weighted by atomic mass is 32.2. The molecule has 1 saturated heterocycles. The minimum absolute atomic E-state index is 0.106. The van der Waals surface area contributed by atoms with E-state index in [9.17, 15) is 18.0 Å². The van der Waals surface area contributed by atoms with Crippen LogP contribution in [0.3, 0.4) is 0 Å². The van der Waals surface area contributed by atoms with Gasteiger partial charge in [-0.1, -0.05) is 0 Å². The molecule has 4 rings (SSSR count). The molecule has 0 N–H and O–H groups in total. The standard InChI is InChI=1S/C19H19N3O6S2/c1-13-12-29-19-20-15(10-17(23)22(13)19)11-28-18(24)14-2-4-16(5-3-14)30(25,26)21-6-8-27-9-7-21/h2-5,10,12H,6-9,11H2,1H3. The topological polar surface area (TPSA) is 107 Å². The number of ether oxygens (including phenoxy) is 2. The van der Waals surface area contributed by atoms with Gasteiger partial charge in [0.2, 0.25) is 10.0 Å². The van der Waals surface area contributed by atoms with Crippen LogP contribution in [0.5, 0.6) is 0 Å². The Hall–Kier alpha value is -2.60. The van der Waals surface area contributed by atoms with Crippen LogP contribution in [0.1, 0.15) is 21.7 Å². The van der Waals surface area contributed by atoms with Gasteiger partial charge in [0.1, 0.15) is 6.61 Å². The molecular weight excluding hydrogens is 430 g/mol. The number of hydrogen-bond donors (Lipinski definition) is 0. The molecule has 2 aromatic heterocycles. The van der Waals surface area contributed by atoms with Gasteiger partial charge in [-0.3, -0.25) is 9.20 Å². The van der Waals surface area contributed by atoms with Crippen LogP contribution in [0.15, 0.2) is 45.4 Å². The summed E-state index contributed by atoms with van der Waals surface area (Å²) in [6.07, 6.45) is 0. The van der Waals surface area contributed by atoms with Crippen molar-refractivity contribution >= 4 is 32.3 Å². The summed E-state index contributed by atoms with van der Waals surface area (Å²) in [5.41, 5.74) is 1.12. The lowest BCUT2D eigenvalue weighted by atomic mass is 10.2. The molecule has 3 heterocycles. The minimum atomic E-state index is -3.63. The molecule has 0 amide bonds. The maximum Gasteiger partial charge on any atom is 0.338 e. The third-order valence-electron chi connectivity index (χ3n) is 4.68. The van der Waals surface area contributed by atoms with E-state index < -0.39 is 16.0 Å². The van der Waals surface area contributed by atoms with Crippen LogP contribution in [0.25, 0.3) is 4.96 Å². The van der Waals surface area contributed by atoms with Gasteiger partial charge in [-0.15, -0.1) is 11.3 Å². The number of carbonyl (C=O) groups excluding carboxylic acids is 1. The molecule has 158 valence electrons. The number of morpholine rings is 1. The fourth-order valence-corrected chi connectivity index (χ4v) is 5.40. The van der Waals surface area contributed by atoms with Gasteiger partial charge in [-0.2, -0.15) is 4.31 Å². The number of aryl methyl sites for hydroxylation is 1. The van der Waals surface area contributed by atoms with Crippen LogP contribution >= 0.6 is 11.3 Å². The zero-order valence-electron chi connectivity index (χ0n) is 16.1. The van der Waals surface area contributed by atoms with Crippen LogP contribution in [0.4, 0.5) is 0 Å². The summed E-state index contributed by atoms with van der Waals surface area (Å²) in [5.74, 6) is -0.630. The quantitative estimate of drug-likeness (QED) is 0.543. The molecule has 9 nitrogen and oxygen atoms in total. The Kier molecular flexibility index (Phi) is 5.69. The average Bonchev–Trinajstić information content (AvgIpc) is 3.14. The Bertz CT molecular complexity index is 1240. The molecule has 0 bridgehead atoms. The molecule has 30 heavy (non-hydrogen) atoms. The van der Waals surface area contributed by atoms with Crippen LogP contribution in [0.2, 0.25) is 0 Å². The summed E-state index contributed by atoms with van der Waals surface area (Å²) in [4.78, 5) is 29.5. The van der Waals surface area contributed by atoms with Crippen molar-refractivity contribution in [2.24, 2.45) is 0 Å². The molecule has 0 unspecified atom stereocenters. The van der Waals surface area contributed by atoms with Crippen LogP contribution in [-0.4, -0.2) is 54.4 Å². The predicted octanol–water partition coefficient (Wildman–Crippen LogP) is 1.44. The molecule has 0 aliphatic carbocycles. The molecular formula is C19H19N3O6S2. The van der Waals surface area contributed by atoms with E-state index in [0.29, 0.717) is 37.0 Å². The Balaban J connectivity index is 1.45. The van der Waals surface area contributed by atoms with Gasteiger partial charge in [0, 0.05) is 30.2 Å². The summed E-state index contributed by atoms with van der Waals surface area (Å²) in [6.45, 7) is 2.97. The highest BCUT2D eigenvalue weighted by molar-refractivity contribution is 7.89. The number of fused-ring (bicyclic) bond motifs is 1. The van der Waals surface area contributed by atoms with E-state index in [1.54, 1.807) is 0 Å². The first-order chi connectivity index (χ1) is 14.4. The first kappa shape index (κ1) is 20.7. The molecule has 11 heteroatoms. The van der Waals surface area contributed by atoms with E-state index in [2.05, 4.69) is 4.98 Å². The maximum atomic E-state index is 12.6. The summed E-state index contributed by atoms with van der Waals surface area (Å²) >= 11 is 1.33. The summed E-state index contributed by atoms with van der Waals surface area (Å²) in [6, 6.07) is 6.91. The normalized spacial score (nSPS) is 15.4. The van der Waals surface area contributed by atoms with E-state index in [1.807, 2.05) is 12.3 Å². The number of benzene rings is 1. The zero-order valence-corrected chi connectivity index (χ0v) is 17.7. The van der Waals surface area contributed by atoms with Crippen molar-refractivity contribution in [3.05, 3.63) is 63.0 Å². The third-order valence-corrected chi connectivity index (χ3v) is 7.53. The maximum absolute atomic E-state index is 12.6. The predicted molar refractivity (Wildman–Crippen MR) is 109 cm³/mol. The second-order valence-corrected chi connectivity index (χ2v) is 9.47. The number of esters is 1. The lowest BCUT2D eigenvalue weighted by molar-refractivity contribution is 0.0467. The van der Waals surface area contributed by atoms with Gasteiger partial charge in [-0.05, 0) is 31.2 Å². The van der Waals surface area contributed by atoms with Gasteiger partial charge < -0.3 is 9.47 Å². The highest BCUT2D eigenvalue weighted by Gasteiger charge is 2.26. The molecule has 3 aromatic rings. The Morgan fingerprint density at radius 1 is 1.23 bits per heavy atom. The second-order valence-electron chi connectivity index (χ2n) is 6.70. The number of rotatable bonds is 5. The van der Waals surface area contributed by atoms with Crippen molar-refractivity contribution in [3.63, 3.8) is 0 Å². The first-order valence-electron chi connectivity index (χ1n) is 9.18. The lowest BCUT2D eigenvalue weighted by Gasteiger charge is -2.26. The van der Waals surface area contributed by atoms with Crippen molar-refractivity contribution in [2.75, 3.05) is 26.3 Å². The fraction of sp³-hybridized carbons (Fsp3) is 0.316. The fourth-order valence-electron chi connectivity index (χ4n) is 3.10. The number of hydrogen-bond acceptors (Lipinski definition) is 8. The Morgan fingerprint density at radius 3 is 2.63 bits per heavy atom. The summed E-state index contributed by atoms with van der Waals surface area (Å²) in [7, 11) is -3.63. The Morgan fingerprint density at radius 2 is 1.93 bits per heavy atom. The van der Waals surface area contributed by atoms with Crippen molar-refractivity contribution in [2.45, 2.75) is 18.4 Å². The third kappa shape index (κ3) is 4.01. The van der Waals surface area contributed by atoms with Crippen LogP contribution < -0.4 is 5.56 Å². The number of nitrogens with zero attached hydrogens (tertiary/aromatic N) is 3. The van der Waals surface area contributed by atoms with E-state index in [0.717, 1.165) is 5.69 Å². The largest absolute Gasteiger partial charge is 0.456 e. The highest BCUT2D eigenvalue weighted by Crippen LogP contribution is 2.18. The smallest absolute Gasteiger partial charge is 0.338 e. The Labute approximate surface area is 176 Å². The van der Waals surface area contributed by atoms with Gasteiger partial charge in [-0.25, -0.2) is 18.2 Å². The van der Waals surface area contributed by atoms with Gasteiger partial charge in [0.25, 0.3) is 5.56 Å². The van der Waals surface area contributed by atoms with Crippen molar-refractivity contribution in [1.82, 2.24) is 13.7 Å². The monoisotopic (exact) mass is 449 g/mol. The number of sulfonamides is 1. The minimum Gasteiger partial charge on any atom is -0.456 e. The first-order valence-corrected chi connectivity index (χ1v) is 11.5. The van der Waals surface area contributed by atoms with Crippen molar-refractivity contribution in [3.8, 4) is 0 Å². The second kappa shape index (κ2) is 8.26. The SMILES string of the molecule is Cc1csc2nc(COC(=O)c3ccc(S(=O)(=O)N4CCOCC4)cc3)cc(=O)n12. The van der Waals surface area contributed by atoms with Gasteiger partial charge >= 0.3 is 5.97 Å². The average molecular weight is 450 g/mol. The van der Waals surface area contributed by atoms with Crippen LogP contribution in [0, 0.1) is 6.92 Å². The van der Waals surface area contributed by atoms with Crippen LogP contribution in [-0.2, 0) is 26.1 Å². The van der Waals surface area contributed by atoms with Crippen molar-refractivity contribution < 1.29 is 22.7 Å².